The molecular formula is C11H16N4O4. The highest BCUT2D eigenvalue weighted by atomic mass is 16.5. The van der Waals surface area contributed by atoms with Crippen LogP contribution in [0.3, 0.4) is 0 Å². The Bertz CT molecular complexity index is 434. The van der Waals surface area contributed by atoms with Gasteiger partial charge in [0, 0.05) is 25.5 Å². The molecule has 2 heterocycles. The van der Waals surface area contributed by atoms with E-state index in [1.54, 1.807) is 23.1 Å². The number of hydrogen-bond acceptors (Lipinski definition) is 4. The Balaban J connectivity index is 1.74. The average molecular weight is 268 g/mol. The van der Waals surface area contributed by atoms with Crippen LogP contribution in [-0.2, 0) is 16.1 Å². The Morgan fingerprint density at radius 3 is 3.05 bits per heavy atom. The van der Waals surface area contributed by atoms with E-state index in [0.717, 1.165) is 0 Å². The minimum atomic E-state index is -1.05. The summed E-state index contributed by atoms with van der Waals surface area (Å²) in [5.74, 6) is -1.05. The number of nitrogens with one attached hydrogen (secondary N) is 1. The smallest absolute Gasteiger partial charge is 0.334 e. The summed E-state index contributed by atoms with van der Waals surface area (Å²) in [6.45, 7) is 1.73. The lowest BCUT2D eigenvalue weighted by Crippen LogP contribution is -2.52. The Kier molecular flexibility index (Phi) is 4.35. The molecule has 1 fully saturated rings. The molecule has 1 aliphatic heterocycles. The maximum absolute atomic E-state index is 11.8. The number of carboxylic acids is 1. The summed E-state index contributed by atoms with van der Waals surface area (Å²) in [6, 6.07) is 1.53. The third-order valence-electron chi connectivity index (χ3n) is 2.81. The van der Waals surface area contributed by atoms with Crippen LogP contribution in [-0.4, -0.2) is 64.1 Å². The number of urea groups is 1. The van der Waals surface area contributed by atoms with Gasteiger partial charge < -0.3 is 20.1 Å². The lowest BCUT2D eigenvalue weighted by molar-refractivity contribution is -0.154. The molecular weight excluding hydrogens is 252 g/mol. The van der Waals surface area contributed by atoms with Crippen LogP contribution in [0.1, 0.15) is 0 Å². The fraction of sp³-hybridized carbons (Fsp3) is 0.545. The van der Waals surface area contributed by atoms with Crippen molar-refractivity contribution in [2.45, 2.75) is 12.6 Å². The van der Waals surface area contributed by atoms with Gasteiger partial charge in [0.15, 0.2) is 6.10 Å². The van der Waals surface area contributed by atoms with Crippen LogP contribution in [0.15, 0.2) is 18.5 Å². The molecule has 19 heavy (non-hydrogen) atoms. The van der Waals surface area contributed by atoms with Gasteiger partial charge in [-0.2, -0.15) is 5.10 Å². The molecule has 2 N–H and O–H groups in total. The van der Waals surface area contributed by atoms with Crippen LogP contribution in [0.4, 0.5) is 4.79 Å². The normalized spacial score (nSPS) is 19.2. The van der Waals surface area contributed by atoms with Crippen molar-refractivity contribution in [3.05, 3.63) is 18.5 Å². The molecule has 1 saturated heterocycles. The summed E-state index contributed by atoms with van der Waals surface area (Å²) < 4.78 is 6.76. The Hall–Kier alpha value is -2.09. The maximum Gasteiger partial charge on any atom is 0.334 e. The van der Waals surface area contributed by atoms with Gasteiger partial charge in [0.2, 0.25) is 0 Å². The van der Waals surface area contributed by atoms with Crippen molar-refractivity contribution in [1.29, 1.82) is 0 Å². The molecule has 0 spiro atoms. The number of ether oxygens (including phenoxy) is 1. The largest absolute Gasteiger partial charge is 0.479 e. The molecule has 1 aliphatic rings. The van der Waals surface area contributed by atoms with E-state index in [1.165, 1.54) is 4.90 Å². The first kappa shape index (κ1) is 13.3. The van der Waals surface area contributed by atoms with E-state index in [2.05, 4.69) is 10.4 Å². The number of nitrogens with zero attached hydrogens (tertiary/aromatic N) is 3. The minimum absolute atomic E-state index is 0.0724. The third-order valence-corrected chi connectivity index (χ3v) is 2.81. The monoisotopic (exact) mass is 268 g/mol. The van der Waals surface area contributed by atoms with Crippen LogP contribution < -0.4 is 5.32 Å². The molecule has 1 aromatic heterocycles. The molecule has 2 amide bonds. The molecule has 8 nitrogen and oxygen atoms in total. The molecule has 2 rings (SSSR count). The average Bonchev–Trinajstić information content (AvgIpc) is 2.92. The van der Waals surface area contributed by atoms with Gasteiger partial charge in [-0.25, -0.2) is 9.59 Å². The third kappa shape index (κ3) is 3.68. The lowest BCUT2D eigenvalue weighted by atomic mass is 10.3. The number of carbonyl (C=O) groups excluding carboxylic acids is 1. The number of amides is 2. The molecule has 1 aromatic rings. The van der Waals surface area contributed by atoms with Gasteiger partial charge in [0.05, 0.1) is 19.7 Å². The van der Waals surface area contributed by atoms with Crippen LogP contribution in [0.2, 0.25) is 0 Å². The van der Waals surface area contributed by atoms with Gasteiger partial charge in [-0.3, -0.25) is 4.68 Å². The topological polar surface area (TPSA) is 96.7 Å². The summed E-state index contributed by atoms with van der Waals surface area (Å²) in [4.78, 5) is 24.1. The van der Waals surface area contributed by atoms with Gasteiger partial charge in [0.1, 0.15) is 0 Å². The predicted molar refractivity (Wildman–Crippen MR) is 64.6 cm³/mol. The summed E-state index contributed by atoms with van der Waals surface area (Å²) >= 11 is 0. The highest BCUT2D eigenvalue weighted by molar-refractivity contribution is 5.77. The van der Waals surface area contributed by atoms with E-state index in [4.69, 9.17) is 9.84 Å². The Morgan fingerprint density at radius 2 is 2.37 bits per heavy atom. The number of aliphatic carboxylic acids is 1. The summed E-state index contributed by atoms with van der Waals surface area (Å²) in [6.07, 6.45) is 2.54. The molecule has 104 valence electrons. The molecule has 0 radical (unpaired) electrons. The number of rotatable bonds is 4. The van der Waals surface area contributed by atoms with Crippen molar-refractivity contribution in [2.75, 3.05) is 26.2 Å². The molecule has 1 atom stereocenters. The first-order chi connectivity index (χ1) is 9.16. The summed E-state index contributed by atoms with van der Waals surface area (Å²) in [5.41, 5.74) is 0. The number of carboxylic acid groups (broad SMARTS) is 1. The van der Waals surface area contributed by atoms with Crippen LogP contribution in [0.5, 0.6) is 0 Å². The molecule has 0 aromatic carbocycles. The van der Waals surface area contributed by atoms with Crippen LogP contribution in [0.25, 0.3) is 0 Å². The van der Waals surface area contributed by atoms with Crippen molar-refractivity contribution in [1.82, 2.24) is 20.0 Å². The Labute approximate surface area is 109 Å². The number of morpholine rings is 1. The molecule has 0 aliphatic carbocycles. The van der Waals surface area contributed by atoms with Crippen molar-refractivity contribution >= 4 is 12.0 Å². The van der Waals surface area contributed by atoms with Crippen LogP contribution >= 0.6 is 0 Å². The zero-order chi connectivity index (χ0) is 13.7. The van der Waals surface area contributed by atoms with Gasteiger partial charge in [-0.05, 0) is 6.07 Å². The highest BCUT2D eigenvalue weighted by Crippen LogP contribution is 2.05. The number of carbonyl (C=O) groups is 2. The van der Waals surface area contributed by atoms with Gasteiger partial charge in [0.25, 0.3) is 0 Å². The summed E-state index contributed by atoms with van der Waals surface area (Å²) in [7, 11) is 0. The molecule has 0 bridgehead atoms. The first-order valence-electron chi connectivity index (χ1n) is 6.01. The lowest BCUT2D eigenvalue weighted by Gasteiger charge is -2.30. The highest BCUT2D eigenvalue weighted by Gasteiger charge is 2.28. The van der Waals surface area contributed by atoms with Crippen molar-refractivity contribution in [3.63, 3.8) is 0 Å². The summed E-state index contributed by atoms with van der Waals surface area (Å²) in [5, 5.41) is 15.6. The second kappa shape index (κ2) is 6.19. The molecule has 8 heteroatoms. The van der Waals surface area contributed by atoms with Gasteiger partial charge >= 0.3 is 12.0 Å². The molecule has 0 saturated carbocycles. The van der Waals surface area contributed by atoms with Crippen molar-refractivity contribution < 1.29 is 19.4 Å². The quantitative estimate of drug-likeness (QED) is 0.758. The van der Waals surface area contributed by atoms with Crippen molar-refractivity contribution in [2.24, 2.45) is 0 Å². The predicted octanol–water partition coefficient (Wildman–Crippen LogP) is -0.622. The zero-order valence-corrected chi connectivity index (χ0v) is 10.4. The zero-order valence-electron chi connectivity index (χ0n) is 10.4. The van der Waals surface area contributed by atoms with Gasteiger partial charge in [-0.15, -0.1) is 0 Å². The SMILES string of the molecule is O=C(O)C1CN(C(=O)NCCn2cccn2)CCO1. The maximum atomic E-state index is 11.8. The second-order valence-corrected chi connectivity index (χ2v) is 4.14. The van der Waals surface area contributed by atoms with E-state index < -0.39 is 12.1 Å². The van der Waals surface area contributed by atoms with E-state index in [0.29, 0.717) is 19.6 Å². The van der Waals surface area contributed by atoms with Crippen molar-refractivity contribution in [3.8, 4) is 0 Å². The van der Waals surface area contributed by atoms with Gasteiger partial charge in [-0.1, -0.05) is 0 Å². The second-order valence-electron chi connectivity index (χ2n) is 4.14. The Morgan fingerprint density at radius 1 is 1.53 bits per heavy atom. The van der Waals surface area contributed by atoms with Crippen LogP contribution in [0, 0.1) is 0 Å². The number of aromatic nitrogens is 2. The first-order valence-corrected chi connectivity index (χ1v) is 6.01. The van der Waals surface area contributed by atoms with E-state index in [9.17, 15) is 9.59 Å². The fourth-order valence-corrected chi connectivity index (χ4v) is 1.81. The number of hydrogen-bond donors (Lipinski definition) is 2. The van der Waals surface area contributed by atoms with E-state index >= 15 is 0 Å². The van der Waals surface area contributed by atoms with E-state index in [1.807, 2.05) is 0 Å². The fourth-order valence-electron chi connectivity index (χ4n) is 1.81. The molecule has 1 unspecified atom stereocenters. The minimum Gasteiger partial charge on any atom is -0.479 e. The standard InChI is InChI=1S/C11H16N4O4/c16-10(17)9-8-14(6-7-19-9)11(18)12-3-5-15-4-1-2-13-15/h1-2,4,9H,3,5-8H2,(H,12,18)(H,16,17). The van der Waals surface area contributed by atoms with E-state index in [-0.39, 0.29) is 19.2 Å².